The van der Waals surface area contributed by atoms with E-state index < -0.39 is 5.51 Å². The van der Waals surface area contributed by atoms with Crippen LogP contribution >= 0.6 is 23.4 Å². The molecule has 0 aromatic carbocycles. The number of ether oxygens (including phenoxy) is 1. The van der Waals surface area contributed by atoms with Crippen molar-refractivity contribution in [3.05, 3.63) is 18.0 Å². The molecule has 0 saturated carbocycles. The molecule has 0 radical (unpaired) electrons. The number of hydrogen-bond donors (Lipinski definition) is 0. The van der Waals surface area contributed by atoms with Crippen molar-refractivity contribution >= 4 is 34.5 Å². The summed E-state index contributed by atoms with van der Waals surface area (Å²) >= 11 is 5.65. The predicted molar refractivity (Wildman–Crippen MR) is 77.0 cm³/mol. The van der Waals surface area contributed by atoms with Gasteiger partial charge in [0, 0.05) is 30.7 Å². The molecule has 0 aliphatic heterocycles. The van der Waals surface area contributed by atoms with Crippen LogP contribution in [0.1, 0.15) is 5.82 Å². The van der Waals surface area contributed by atoms with E-state index in [2.05, 4.69) is 9.97 Å². The number of rotatable bonds is 6. The zero-order chi connectivity index (χ0) is 15.5. The van der Waals surface area contributed by atoms with Crippen molar-refractivity contribution in [1.29, 1.82) is 0 Å². The van der Waals surface area contributed by atoms with Crippen LogP contribution < -0.4 is 4.74 Å². The van der Waals surface area contributed by atoms with Crippen LogP contribution in [0, 0.1) is 0 Å². The Morgan fingerprint density at radius 3 is 2.71 bits per heavy atom. The fraction of sp³-hybridized carbons (Fsp3) is 0.500. The summed E-state index contributed by atoms with van der Waals surface area (Å²) in [5.41, 5.74) is -3.11. The van der Waals surface area contributed by atoms with Gasteiger partial charge in [0.15, 0.2) is 5.65 Å². The van der Waals surface area contributed by atoms with Crippen LogP contribution in [0.4, 0.5) is 13.2 Å². The van der Waals surface area contributed by atoms with Crippen molar-refractivity contribution in [2.75, 3.05) is 18.7 Å². The lowest BCUT2D eigenvalue weighted by molar-refractivity contribution is -0.0328. The van der Waals surface area contributed by atoms with E-state index in [-0.39, 0.29) is 24.1 Å². The van der Waals surface area contributed by atoms with E-state index in [1.54, 1.807) is 16.7 Å². The highest BCUT2D eigenvalue weighted by Crippen LogP contribution is 2.30. The highest BCUT2D eigenvalue weighted by molar-refractivity contribution is 8.00. The molecular formula is C12H13ClF3N3OS. The first-order valence-electron chi connectivity index (χ1n) is 6.11. The summed E-state index contributed by atoms with van der Waals surface area (Å²) < 4.78 is 43.4. The molecule has 2 aromatic heterocycles. The Morgan fingerprint density at radius 1 is 1.33 bits per heavy atom. The smallest absolute Gasteiger partial charge is 0.441 e. The van der Waals surface area contributed by atoms with Gasteiger partial charge in [-0.3, -0.25) is 0 Å². The minimum atomic E-state index is -4.24. The zero-order valence-electron chi connectivity index (χ0n) is 11.2. The number of methoxy groups -OCH3 is 1. The minimum Gasteiger partial charge on any atom is -0.481 e. The summed E-state index contributed by atoms with van der Waals surface area (Å²) in [4.78, 5) is 8.62. The fourth-order valence-electron chi connectivity index (χ4n) is 1.91. The van der Waals surface area contributed by atoms with E-state index in [1.165, 1.54) is 7.11 Å². The molecule has 0 atom stereocenters. The standard InChI is InChI=1S/C12H13ClF3N3OS/c1-20-10-3-2-8-11(18-10)19(9(17-8)4-5-13)6-7-21-12(14,15)16/h2-3H,4-7H2,1H3. The lowest BCUT2D eigenvalue weighted by Crippen LogP contribution is -2.10. The summed E-state index contributed by atoms with van der Waals surface area (Å²) in [5, 5.41) is 0. The van der Waals surface area contributed by atoms with Gasteiger partial charge < -0.3 is 9.30 Å². The number of aromatic nitrogens is 3. The highest BCUT2D eigenvalue weighted by Gasteiger charge is 2.27. The van der Waals surface area contributed by atoms with E-state index in [1.807, 2.05) is 0 Å². The maximum absolute atomic E-state index is 12.2. The molecule has 0 bridgehead atoms. The maximum Gasteiger partial charge on any atom is 0.441 e. The molecule has 0 N–H and O–H groups in total. The van der Waals surface area contributed by atoms with Crippen LogP contribution in [-0.2, 0) is 13.0 Å². The molecule has 9 heteroatoms. The summed E-state index contributed by atoms with van der Waals surface area (Å²) in [7, 11) is 1.48. The van der Waals surface area contributed by atoms with Crippen LogP contribution in [0.3, 0.4) is 0 Å². The van der Waals surface area contributed by atoms with Crippen molar-refractivity contribution in [3.63, 3.8) is 0 Å². The van der Waals surface area contributed by atoms with Gasteiger partial charge in [-0.15, -0.1) is 11.6 Å². The second kappa shape index (κ2) is 6.74. The quantitative estimate of drug-likeness (QED) is 0.755. The number of halogens is 4. The molecule has 2 aromatic rings. The molecule has 4 nitrogen and oxygen atoms in total. The first kappa shape index (κ1) is 16.2. The highest BCUT2D eigenvalue weighted by atomic mass is 35.5. The van der Waals surface area contributed by atoms with Gasteiger partial charge in [-0.25, -0.2) is 4.98 Å². The third kappa shape index (κ3) is 4.16. The third-order valence-corrected chi connectivity index (χ3v) is 3.66. The molecule has 2 heterocycles. The second-order valence-electron chi connectivity index (χ2n) is 4.11. The molecule has 0 fully saturated rings. The SMILES string of the molecule is COc1ccc2nc(CCCl)n(CCSC(F)(F)F)c2n1. The number of hydrogen-bond acceptors (Lipinski definition) is 4. The lowest BCUT2D eigenvalue weighted by atomic mass is 10.4. The normalized spacial score (nSPS) is 12.0. The van der Waals surface area contributed by atoms with E-state index >= 15 is 0 Å². The summed E-state index contributed by atoms with van der Waals surface area (Å²) in [6, 6.07) is 3.39. The fourth-order valence-corrected chi connectivity index (χ4v) is 2.58. The Kier molecular flexibility index (Phi) is 5.21. The number of imidazole rings is 1. The molecule has 0 aliphatic carbocycles. The van der Waals surface area contributed by atoms with Crippen LogP contribution in [0.5, 0.6) is 5.88 Å². The molecular weight excluding hydrogens is 327 g/mol. The summed E-state index contributed by atoms with van der Waals surface area (Å²) in [6.45, 7) is 0.160. The van der Waals surface area contributed by atoms with Crippen LogP contribution in [0.15, 0.2) is 12.1 Å². The number of pyridine rings is 1. The van der Waals surface area contributed by atoms with Gasteiger partial charge in [-0.2, -0.15) is 18.2 Å². The van der Waals surface area contributed by atoms with Gasteiger partial charge >= 0.3 is 5.51 Å². The second-order valence-corrected chi connectivity index (χ2v) is 5.65. The Balaban J connectivity index is 2.30. The maximum atomic E-state index is 12.2. The molecule has 2 rings (SSSR count). The first-order valence-corrected chi connectivity index (χ1v) is 7.63. The van der Waals surface area contributed by atoms with Crippen molar-refractivity contribution in [2.24, 2.45) is 0 Å². The first-order chi connectivity index (χ1) is 9.94. The van der Waals surface area contributed by atoms with E-state index in [4.69, 9.17) is 16.3 Å². The Morgan fingerprint density at radius 2 is 2.10 bits per heavy atom. The number of thioether (sulfide) groups is 1. The van der Waals surface area contributed by atoms with Crippen molar-refractivity contribution in [3.8, 4) is 5.88 Å². The monoisotopic (exact) mass is 339 g/mol. The average molecular weight is 340 g/mol. The predicted octanol–water partition coefficient (Wildman–Crippen LogP) is 3.47. The molecule has 0 spiro atoms. The topological polar surface area (TPSA) is 39.9 Å². The van der Waals surface area contributed by atoms with E-state index in [9.17, 15) is 13.2 Å². The Bertz CT molecular complexity index is 618. The van der Waals surface area contributed by atoms with Crippen LogP contribution in [0.2, 0.25) is 0 Å². The third-order valence-electron chi connectivity index (χ3n) is 2.75. The minimum absolute atomic E-state index is 0.0635. The Hall–Kier alpha value is -1.15. The van der Waals surface area contributed by atoms with Gasteiger partial charge in [-0.1, -0.05) is 0 Å². The lowest BCUT2D eigenvalue weighted by Gasteiger charge is -2.09. The van der Waals surface area contributed by atoms with Gasteiger partial charge in [0.05, 0.1) is 7.11 Å². The molecule has 0 aliphatic rings. The van der Waals surface area contributed by atoms with Crippen molar-refractivity contribution in [2.45, 2.75) is 18.5 Å². The van der Waals surface area contributed by atoms with E-state index in [0.717, 1.165) is 0 Å². The Labute approximate surface area is 128 Å². The van der Waals surface area contributed by atoms with Gasteiger partial charge in [0.2, 0.25) is 5.88 Å². The average Bonchev–Trinajstić information content (AvgIpc) is 2.75. The molecule has 21 heavy (non-hydrogen) atoms. The van der Waals surface area contributed by atoms with Gasteiger partial charge in [0.1, 0.15) is 11.3 Å². The molecule has 0 unspecified atom stereocenters. The van der Waals surface area contributed by atoms with Crippen LogP contribution in [0.25, 0.3) is 11.2 Å². The largest absolute Gasteiger partial charge is 0.481 e. The molecule has 0 saturated heterocycles. The molecule has 0 amide bonds. The van der Waals surface area contributed by atoms with Gasteiger partial charge in [0.25, 0.3) is 0 Å². The number of fused-ring (bicyclic) bond motifs is 1. The summed E-state index contributed by atoms with van der Waals surface area (Å²) in [6.07, 6.45) is 0.469. The summed E-state index contributed by atoms with van der Waals surface area (Å²) in [5.74, 6) is 1.25. The van der Waals surface area contributed by atoms with E-state index in [0.29, 0.717) is 35.2 Å². The van der Waals surface area contributed by atoms with Gasteiger partial charge in [-0.05, 0) is 17.8 Å². The number of aryl methyl sites for hydroxylation is 2. The van der Waals surface area contributed by atoms with Crippen molar-refractivity contribution in [1.82, 2.24) is 14.5 Å². The zero-order valence-corrected chi connectivity index (χ0v) is 12.7. The molecule has 116 valence electrons. The number of nitrogens with zero attached hydrogens (tertiary/aromatic N) is 3. The van der Waals surface area contributed by atoms with Crippen LogP contribution in [-0.4, -0.2) is 38.8 Å². The van der Waals surface area contributed by atoms with Crippen molar-refractivity contribution < 1.29 is 17.9 Å². The number of alkyl halides is 4.